The average Bonchev–Trinajstić information content (AvgIpc) is 3.29. The second-order valence-electron chi connectivity index (χ2n) is 13.2. The van der Waals surface area contributed by atoms with E-state index in [1.807, 2.05) is 6.92 Å². The number of carbonyl (C=O) groups is 4. The summed E-state index contributed by atoms with van der Waals surface area (Å²) in [6, 6.07) is 0. The number of ether oxygens (including phenoxy) is 3. The van der Waals surface area contributed by atoms with E-state index in [1.54, 1.807) is 33.8 Å². The van der Waals surface area contributed by atoms with Crippen LogP contribution in [0, 0.1) is 22.7 Å². The van der Waals surface area contributed by atoms with Crippen molar-refractivity contribution in [3.63, 3.8) is 0 Å². The van der Waals surface area contributed by atoms with Crippen molar-refractivity contribution in [2.24, 2.45) is 22.7 Å². The van der Waals surface area contributed by atoms with Crippen LogP contribution < -0.4 is 0 Å². The Bertz CT molecular complexity index is 1190. The molecule has 8 nitrogen and oxygen atoms in total. The Kier molecular flexibility index (Phi) is 7.07. The second kappa shape index (κ2) is 9.66. The molecule has 1 heterocycles. The first-order valence-electron chi connectivity index (χ1n) is 14.5. The number of carbonyl (C=O) groups excluding carboxylic acids is 4. The van der Waals surface area contributed by atoms with Crippen LogP contribution in [0.15, 0.2) is 23.8 Å². The average molecular weight is 561 g/mol. The van der Waals surface area contributed by atoms with E-state index in [-0.39, 0.29) is 36.7 Å². The molecule has 4 fully saturated rings. The van der Waals surface area contributed by atoms with Crippen LogP contribution in [-0.4, -0.2) is 64.3 Å². The number of allylic oxidation sites excluding steroid dienone is 4. The van der Waals surface area contributed by atoms with Crippen LogP contribution in [0.25, 0.3) is 0 Å². The highest BCUT2D eigenvalue weighted by Gasteiger charge is 2.80. The minimum absolute atomic E-state index is 0.0216. The van der Waals surface area contributed by atoms with Crippen molar-refractivity contribution in [1.82, 2.24) is 0 Å². The van der Waals surface area contributed by atoms with Gasteiger partial charge in [-0.1, -0.05) is 25.5 Å². The third kappa shape index (κ3) is 4.02. The molecule has 8 atom stereocenters. The van der Waals surface area contributed by atoms with Crippen LogP contribution in [0.1, 0.15) is 86.0 Å². The predicted octanol–water partition coefficient (Wildman–Crippen LogP) is 4.12. The van der Waals surface area contributed by atoms with Gasteiger partial charge in [0.25, 0.3) is 0 Å². The van der Waals surface area contributed by atoms with Gasteiger partial charge in [-0.15, -0.1) is 0 Å². The fourth-order valence-corrected chi connectivity index (χ4v) is 8.74. The number of aliphatic hydroxyl groups excluding tert-OH is 1. The lowest BCUT2D eigenvalue weighted by Gasteiger charge is -2.62. The summed E-state index contributed by atoms with van der Waals surface area (Å²) >= 11 is 0. The normalized spacial score (nSPS) is 42.8. The van der Waals surface area contributed by atoms with Gasteiger partial charge >= 0.3 is 5.97 Å². The van der Waals surface area contributed by atoms with Gasteiger partial charge in [-0.2, -0.15) is 0 Å². The molecule has 0 bridgehead atoms. The quantitative estimate of drug-likeness (QED) is 0.441. The van der Waals surface area contributed by atoms with E-state index in [0.29, 0.717) is 37.7 Å². The molecule has 1 aliphatic heterocycles. The number of Topliss-reactive ketones (excluding diaryl/α,β-unsaturated/α-hetero) is 2. The molecule has 0 amide bonds. The number of hydrogen-bond donors (Lipinski definition) is 1. The minimum Gasteiger partial charge on any atom is -0.458 e. The van der Waals surface area contributed by atoms with E-state index >= 15 is 4.39 Å². The van der Waals surface area contributed by atoms with Crippen molar-refractivity contribution in [1.29, 1.82) is 0 Å². The molecule has 0 aromatic rings. The Labute approximate surface area is 234 Å². The fourth-order valence-electron chi connectivity index (χ4n) is 8.74. The van der Waals surface area contributed by atoms with E-state index < -0.39 is 64.4 Å². The van der Waals surface area contributed by atoms with Crippen molar-refractivity contribution in [2.75, 3.05) is 6.61 Å². The number of fused-ring (bicyclic) bond motifs is 7. The SMILES string of the molecule is CCC(=O)CCCC(=O)OCC(=O)[C@@]12OC(C)(C)O[C@@H]1C[C@H]1[C@@H]3CCC4=CC(=O)C=C[C@]4(C)[C@@]3(F)[C@@H](O)C[C@@]12C. The van der Waals surface area contributed by atoms with Gasteiger partial charge in [-0.25, -0.2) is 4.39 Å². The zero-order chi connectivity index (χ0) is 29.3. The first-order valence-corrected chi connectivity index (χ1v) is 14.5. The van der Waals surface area contributed by atoms with Crippen molar-refractivity contribution in [3.8, 4) is 0 Å². The smallest absolute Gasteiger partial charge is 0.306 e. The lowest BCUT2D eigenvalue weighted by atomic mass is 9.44. The lowest BCUT2D eigenvalue weighted by molar-refractivity contribution is -0.246. The standard InChI is InChI=1S/C31H41FO8/c1-6-19(33)8-7-9-26(37)38-17-24(36)31-25(39-27(2,3)40-31)15-22-21-11-10-18-14-20(34)12-13-28(18,4)30(21,32)23(35)16-29(22,31)5/h12-14,21-23,25,35H,6-11,15-17H2,1-5H3/t21-,22-,23-,25+,28-,29-,30-,31+/m0/s1. The molecular formula is C31H41FO8. The third-order valence-corrected chi connectivity index (χ3v) is 10.6. The molecule has 220 valence electrons. The van der Waals surface area contributed by atoms with Crippen molar-refractivity contribution < 1.29 is 42.9 Å². The summed E-state index contributed by atoms with van der Waals surface area (Å²) in [5.74, 6) is -3.22. The zero-order valence-corrected chi connectivity index (χ0v) is 24.1. The van der Waals surface area contributed by atoms with Crippen molar-refractivity contribution in [2.45, 2.75) is 115 Å². The Hall–Kier alpha value is -2.23. The molecule has 0 aromatic carbocycles. The van der Waals surface area contributed by atoms with Gasteiger partial charge < -0.3 is 19.3 Å². The lowest BCUT2D eigenvalue weighted by Crippen LogP contribution is -2.70. The first-order chi connectivity index (χ1) is 18.6. The summed E-state index contributed by atoms with van der Waals surface area (Å²) in [5, 5.41) is 11.6. The van der Waals surface area contributed by atoms with Gasteiger partial charge in [0.05, 0.1) is 12.2 Å². The van der Waals surface area contributed by atoms with Gasteiger partial charge in [-0.05, 0) is 70.9 Å². The number of rotatable bonds is 8. The van der Waals surface area contributed by atoms with E-state index in [9.17, 15) is 24.3 Å². The van der Waals surface area contributed by atoms with E-state index in [0.717, 1.165) is 0 Å². The Morgan fingerprint density at radius 2 is 1.88 bits per heavy atom. The number of esters is 1. The van der Waals surface area contributed by atoms with Gasteiger partial charge in [0.1, 0.15) is 5.78 Å². The molecular weight excluding hydrogens is 519 g/mol. The molecule has 1 saturated heterocycles. The van der Waals surface area contributed by atoms with Gasteiger partial charge in [0, 0.05) is 36.0 Å². The molecule has 4 aliphatic carbocycles. The number of aliphatic hydroxyl groups is 1. The Morgan fingerprint density at radius 1 is 1.15 bits per heavy atom. The summed E-state index contributed by atoms with van der Waals surface area (Å²) in [6.07, 6.45) is 4.64. The molecule has 0 radical (unpaired) electrons. The zero-order valence-electron chi connectivity index (χ0n) is 24.1. The molecule has 0 aromatic heterocycles. The Balaban J connectivity index is 1.43. The van der Waals surface area contributed by atoms with Crippen molar-refractivity contribution in [3.05, 3.63) is 23.8 Å². The summed E-state index contributed by atoms with van der Waals surface area (Å²) in [7, 11) is 0. The molecule has 9 heteroatoms. The Morgan fingerprint density at radius 3 is 2.58 bits per heavy atom. The molecule has 5 aliphatic rings. The fraction of sp³-hybridized carbons (Fsp3) is 0.742. The molecule has 0 unspecified atom stereocenters. The second-order valence-corrected chi connectivity index (χ2v) is 13.2. The summed E-state index contributed by atoms with van der Waals surface area (Å²) in [5.41, 5.74) is -5.02. The highest BCUT2D eigenvalue weighted by atomic mass is 19.1. The summed E-state index contributed by atoms with van der Waals surface area (Å²) in [4.78, 5) is 50.1. The highest BCUT2D eigenvalue weighted by Crippen LogP contribution is 2.72. The first kappa shape index (κ1) is 29.3. The number of hydrogen-bond acceptors (Lipinski definition) is 8. The molecule has 40 heavy (non-hydrogen) atoms. The monoisotopic (exact) mass is 560 g/mol. The molecule has 3 saturated carbocycles. The maximum Gasteiger partial charge on any atom is 0.306 e. The van der Waals surface area contributed by atoms with E-state index in [2.05, 4.69) is 0 Å². The van der Waals surface area contributed by atoms with Crippen LogP contribution in [0.2, 0.25) is 0 Å². The van der Waals surface area contributed by atoms with E-state index in [1.165, 1.54) is 12.2 Å². The van der Waals surface area contributed by atoms with Crippen molar-refractivity contribution >= 4 is 23.3 Å². The predicted molar refractivity (Wildman–Crippen MR) is 142 cm³/mol. The van der Waals surface area contributed by atoms with Crippen LogP contribution in [0.5, 0.6) is 0 Å². The largest absolute Gasteiger partial charge is 0.458 e. The molecule has 5 rings (SSSR count). The van der Waals surface area contributed by atoms with Crippen LogP contribution >= 0.6 is 0 Å². The molecule has 0 spiro atoms. The topological polar surface area (TPSA) is 116 Å². The number of alkyl halides is 1. The van der Waals surface area contributed by atoms with Crippen LogP contribution in [0.4, 0.5) is 4.39 Å². The van der Waals surface area contributed by atoms with Gasteiger partial charge in [-0.3, -0.25) is 19.2 Å². The third-order valence-electron chi connectivity index (χ3n) is 10.6. The van der Waals surface area contributed by atoms with Gasteiger partial charge in [0.2, 0.25) is 5.78 Å². The minimum atomic E-state index is -2.04. The van der Waals surface area contributed by atoms with E-state index in [4.69, 9.17) is 14.2 Å². The number of ketones is 3. The van der Waals surface area contributed by atoms with Gasteiger partial charge in [0.15, 0.2) is 29.4 Å². The molecule has 1 N–H and O–H groups in total. The summed E-state index contributed by atoms with van der Waals surface area (Å²) < 4.78 is 35.5. The number of halogens is 1. The maximum atomic E-state index is 17.5. The van der Waals surface area contributed by atoms with Crippen LogP contribution in [0.3, 0.4) is 0 Å². The maximum absolute atomic E-state index is 17.5. The summed E-state index contributed by atoms with van der Waals surface area (Å²) in [6.45, 7) is 8.29. The van der Waals surface area contributed by atoms with Crippen LogP contribution in [-0.2, 0) is 33.4 Å². The highest BCUT2D eigenvalue weighted by molar-refractivity contribution is 6.01.